The van der Waals surface area contributed by atoms with Gasteiger partial charge in [0.05, 0.1) is 13.2 Å². The molecule has 0 amide bonds. The van der Waals surface area contributed by atoms with Gasteiger partial charge in [0.2, 0.25) is 5.79 Å². The normalized spacial score (nSPS) is 44.6. The molecule has 156 valence electrons. The fourth-order valence-corrected chi connectivity index (χ4v) is 2.88. The van der Waals surface area contributed by atoms with Gasteiger partial charge in [-0.3, -0.25) is 0 Å². The van der Waals surface area contributed by atoms with Crippen molar-refractivity contribution in [2.24, 2.45) is 0 Å². The molecule has 0 aliphatic carbocycles. The molecule has 2 rings (SSSR count). The summed E-state index contributed by atoms with van der Waals surface area (Å²) in [6.07, 6.45) is -15.3. The molecule has 14 heteroatoms. The van der Waals surface area contributed by atoms with Crippen molar-refractivity contribution in [1.29, 1.82) is 0 Å². The van der Waals surface area contributed by atoms with Crippen molar-refractivity contribution in [2.45, 2.75) is 54.8 Å². The van der Waals surface area contributed by atoms with Crippen molar-refractivity contribution >= 4 is 29.2 Å². The third-order valence-electron chi connectivity index (χ3n) is 4.27. The van der Waals surface area contributed by atoms with Crippen molar-refractivity contribution in [3.05, 3.63) is 0 Å². The Balaban J connectivity index is 0. The van der Waals surface area contributed by atoms with Crippen LogP contribution in [0.15, 0.2) is 0 Å². The number of rotatable bonds is 6. The van der Waals surface area contributed by atoms with Crippen LogP contribution in [0.1, 0.15) is 2.85 Å². The zero-order valence-electron chi connectivity index (χ0n) is 16.1. The predicted octanol–water partition coefficient (Wildman–Crippen LogP) is -4.85. The zero-order valence-corrected chi connectivity index (χ0v) is 15.5. The first-order chi connectivity index (χ1) is 12.2. The Bertz CT molecular complexity index is 503. The molecule has 0 aromatic carbocycles. The van der Waals surface area contributed by atoms with E-state index in [1.54, 1.807) is 0 Å². The van der Waals surface area contributed by atoms with E-state index in [-0.39, 0.29) is 25.9 Å². The van der Waals surface area contributed by atoms with Gasteiger partial charge in [0.15, 0.2) is 12.4 Å². The van der Waals surface area contributed by atoms with E-state index in [1.807, 2.05) is 0 Å². The summed E-state index contributed by atoms with van der Waals surface area (Å²) in [5, 5.41) is 76.5. The minimum atomic E-state index is -2.39. The van der Waals surface area contributed by atoms with Crippen LogP contribution in [0.4, 0.5) is 4.79 Å². The van der Waals surface area contributed by atoms with Crippen LogP contribution >= 0.6 is 0 Å². The molecule has 0 spiro atoms. The van der Waals surface area contributed by atoms with Gasteiger partial charge < -0.3 is 62.7 Å². The Morgan fingerprint density at radius 3 is 2.04 bits per heavy atom. The van der Waals surface area contributed by atoms with E-state index in [9.17, 15) is 35.4 Å². The molecule has 13 nitrogen and oxygen atoms in total. The minimum absolute atomic E-state index is 0. The molecule has 2 aliphatic rings. The van der Waals surface area contributed by atoms with Crippen LogP contribution in [-0.4, -0.2) is 145 Å². The third-order valence-corrected chi connectivity index (χ3v) is 4.27. The average molecular weight is 413 g/mol. The first-order valence-electron chi connectivity index (χ1n) is 7.66. The molecule has 0 radical (unpaired) electrons. The van der Waals surface area contributed by atoms with Crippen LogP contribution in [0.5, 0.6) is 0 Å². The van der Waals surface area contributed by atoms with Gasteiger partial charge in [-0.1, -0.05) is 0 Å². The number of carboxylic acid groups (broad SMARTS) is 1. The molecule has 9 atom stereocenters. The second-order valence-electron chi connectivity index (χ2n) is 5.92. The van der Waals surface area contributed by atoms with E-state index in [0.717, 1.165) is 0 Å². The Hall–Kier alpha value is -0.364. The third kappa shape index (κ3) is 4.80. The molecule has 2 fully saturated rings. The second-order valence-corrected chi connectivity index (χ2v) is 5.92. The summed E-state index contributed by atoms with van der Waals surface area (Å²) in [5.41, 5.74) is 0. The van der Waals surface area contributed by atoms with Crippen LogP contribution in [0.2, 0.25) is 0 Å². The fraction of sp³-hybridized carbons (Fsp3) is 0.923. The summed E-state index contributed by atoms with van der Waals surface area (Å²) >= 11 is 0. The predicted molar refractivity (Wildman–Crippen MR) is 83.5 cm³/mol. The number of carbonyl (C=O) groups is 1. The molecule has 2 aliphatic heterocycles. The van der Waals surface area contributed by atoms with E-state index >= 15 is 0 Å². The molecular weight excluding hydrogens is 388 g/mol. The van der Waals surface area contributed by atoms with Crippen molar-refractivity contribution in [3.63, 3.8) is 0 Å². The van der Waals surface area contributed by atoms with Gasteiger partial charge >= 0.3 is 29.2 Å². The first kappa shape index (κ1) is 24.7. The fourth-order valence-electron chi connectivity index (χ4n) is 2.88. The number of aliphatic hydroxyl groups is 7. The SMILES string of the molecule is O=C(O)O[C@H]1[C@H](O)[C@@H](CO)O[C@@]1(CO)O[C@H]1O[C@H](CO)[C@@H](O)[C@H](O)[C@H]1O.[H-].[H-].[Mg+2]. The van der Waals surface area contributed by atoms with E-state index in [2.05, 4.69) is 4.74 Å². The molecule has 8 N–H and O–H groups in total. The summed E-state index contributed by atoms with van der Waals surface area (Å²) in [6, 6.07) is 0. The summed E-state index contributed by atoms with van der Waals surface area (Å²) in [6.45, 7) is -2.62. The maximum atomic E-state index is 10.9. The van der Waals surface area contributed by atoms with Gasteiger partial charge in [0.1, 0.15) is 43.2 Å². The number of aliphatic hydroxyl groups excluding tert-OH is 7. The number of ether oxygens (including phenoxy) is 4. The molecule has 0 unspecified atom stereocenters. The molecule has 0 aromatic rings. The average Bonchev–Trinajstić information content (AvgIpc) is 2.87. The number of hydrogen-bond donors (Lipinski definition) is 8. The van der Waals surface area contributed by atoms with Crippen LogP contribution in [0.3, 0.4) is 0 Å². The van der Waals surface area contributed by atoms with E-state index < -0.39 is 80.8 Å². The molecule has 0 bridgehead atoms. The second kappa shape index (κ2) is 9.90. The Morgan fingerprint density at radius 2 is 1.56 bits per heavy atom. The molecule has 27 heavy (non-hydrogen) atoms. The van der Waals surface area contributed by atoms with Gasteiger partial charge in [-0.05, 0) is 0 Å². The molecular formula is C13H24MgO13. The van der Waals surface area contributed by atoms with Crippen molar-refractivity contribution < 1.29 is 67.4 Å². The van der Waals surface area contributed by atoms with Gasteiger partial charge in [-0.2, -0.15) is 0 Å². The van der Waals surface area contributed by atoms with Gasteiger partial charge in [0.25, 0.3) is 0 Å². The minimum Gasteiger partial charge on any atom is -1.00 e. The smallest absolute Gasteiger partial charge is 1.00 e. The summed E-state index contributed by atoms with van der Waals surface area (Å²) in [4.78, 5) is 10.9. The summed E-state index contributed by atoms with van der Waals surface area (Å²) in [5.74, 6) is -2.39. The van der Waals surface area contributed by atoms with E-state index in [1.165, 1.54) is 0 Å². The maximum absolute atomic E-state index is 10.9. The van der Waals surface area contributed by atoms with Crippen LogP contribution in [0.25, 0.3) is 0 Å². The topological polar surface area (TPSA) is 216 Å². The summed E-state index contributed by atoms with van der Waals surface area (Å²) in [7, 11) is 0. The standard InChI is InChI=1S/C13H22O13.Mg.2H/c14-1-4-6(17)8(19)9(20)11(23-4)26-13(3-16)10(24-12(21)22)7(18)5(2-15)25-13;;;/h4-11,14-20H,1-3H2,(H,21,22);;;/q;+2;2*-1/t4-,5-,6-,7-,8+,9-,10+,11-,13+;;;/m1.../s1. The molecule has 2 saturated heterocycles. The van der Waals surface area contributed by atoms with Crippen molar-refractivity contribution in [1.82, 2.24) is 0 Å². The number of hydrogen-bond acceptors (Lipinski definition) is 12. The maximum Gasteiger partial charge on any atom is 2.00 e. The van der Waals surface area contributed by atoms with E-state index in [4.69, 9.17) is 24.4 Å². The van der Waals surface area contributed by atoms with Gasteiger partial charge in [-0.15, -0.1) is 0 Å². The first-order valence-corrected chi connectivity index (χ1v) is 7.66. The van der Waals surface area contributed by atoms with E-state index in [0.29, 0.717) is 0 Å². The quantitative estimate of drug-likeness (QED) is 0.152. The zero-order chi connectivity index (χ0) is 19.6. The Kier molecular flexibility index (Phi) is 9.05. The van der Waals surface area contributed by atoms with Gasteiger partial charge in [0, 0.05) is 0 Å². The van der Waals surface area contributed by atoms with Crippen molar-refractivity contribution in [2.75, 3.05) is 19.8 Å². The van der Waals surface area contributed by atoms with Gasteiger partial charge in [-0.25, -0.2) is 4.79 Å². The Labute approximate surface area is 171 Å². The molecule has 2 heterocycles. The molecule has 0 aromatic heterocycles. The van der Waals surface area contributed by atoms with Crippen LogP contribution in [-0.2, 0) is 18.9 Å². The van der Waals surface area contributed by atoms with Crippen molar-refractivity contribution in [3.8, 4) is 0 Å². The summed E-state index contributed by atoms with van der Waals surface area (Å²) < 4.78 is 20.1. The molecule has 0 saturated carbocycles. The van der Waals surface area contributed by atoms with Crippen LogP contribution in [0, 0.1) is 0 Å². The largest absolute Gasteiger partial charge is 2.00 e. The Morgan fingerprint density at radius 1 is 0.963 bits per heavy atom. The monoisotopic (exact) mass is 412 g/mol. The van der Waals surface area contributed by atoms with Crippen LogP contribution < -0.4 is 0 Å².